The molecule has 0 saturated carbocycles. The Balaban J connectivity index is 1.49. The van der Waals surface area contributed by atoms with Gasteiger partial charge >= 0.3 is 0 Å². The van der Waals surface area contributed by atoms with Gasteiger partial charge in [-0.1, -0.05) is 30.3 Å². The lowest BCUT2D eigenvalue weighted by Gasteiger charge is -2.20. The van der Waals surface area contributed by atoms with E-state index >= 15 is 0 Å². The largest absolute Gasteiger partial charge is 0.324 e. The molecule has 0 unspecified atom stereocenters. The summed E-state index contributed by atoms with van der Waals surface area (Å²) in [6.07, 6.45) is 0.754. The number of carbonyl (C=O) groups is 3. The molecule has 3 amide bonds. The third-order valence-electron chi connectivity index (χ3n) is 4.92. The maximum Gasteiger partial charge on any atom is 0.263 e. The number of rotatable bonds is 5. The second kappa shape index (κ2) is 7.42. The minimum absolute atomic E-state index is 0.223. The molecule has 0 aromatic heterocycles. The van der Waals surface area contributed by atoms with E-state index in [2.05, 4.69) is 15.7 Å². The summed E-state index contributed by atoms with van der Waals surface area (Å²) in [6, 6.07) is 10.5. The van der Waals surface area contributed by atoms with E-state index in [1.54, 1.807) is 6.07 Å². The molecule has 2 aliphatic rings. The van der Waals surface area contributed by atoms with Crippen LogP contribution in [0.3, 0.4) is 0 Å². The van der Waals surface area contributed by atoms with Crippen molar-refractivity contribution in [3.8, 4) is 0 Å². The summed E-state index contributed by atoms with van der Waals surface area (Å²) >= 11 is 0. The summed E-state index contributed by atoms with van der Waals surface area (Å²) < 4.78 is 13.2. The highest BCUT2D eigenvalue weighted by molar-refractivity contribution is 6.25. The van der Waals surface area contributed by atoms with Crippen LogP contribution in [0.1, 0.15) is 12.5 Å². The number of nitrogens with one attached hydrogen (secondary N) is 1. The van der Waals surface area contributed by atoms with Crippen LogP contribution in [0.5, 0.6) is 0 Å². The van der Waals surface area contributed by atoms with Crippen LogP contribution in [0.4, 0.5) is 15.8 Å². The van der Waals surface area contributed by atoms with Gasteiger partial charge in [0.05, 0.1) is 5.69 Å². The molecule has 1 saturated heterocycles. The second-order valence-corrected chi connectivity index (χ2v) is 6.74. The minimum atomic E-state index is -1.01. The first-order chi connectivity index (χ1) is 14.0. The molecule has 0 radical (unpaired) electrons. The van der Waals surface area contributed by atoms with Gasteiger partial charge in [-0.2, -0.15) is 5.11 Å². The fraction of sp³-hybridized carbons (Fsp3) is 0.250. The summed E-state index contributed by atoms with van der Waals surface area (Å²) in [5.41, 5.74) is 1.93. The van der Waals surface area contributed by atoms with Gasteiger partial charge in [0.1, 0.15) is 12.4 Å². The topological polar surface area (TPSA) is 94.4 Å². The van der Waals surface area contributed by atoms with Gasteiger partial charge in [0, 0.05) is 5.69 Å². The third-order valence-corrected chi connectivity index (χ3v) is 4.92. The smallest absolute Gasteiger partial charge is 0.263 e. The Hall–Kier alpha value is -3.62. The molecular formula is C20H18FN5O3. The van der Waals surface area contributed by atoms with E-state index < -0.39 is 29.7 Å². The van der Waals surface area contributed by atoms with E-state index in [1.807, 2.05) is 25.1 Å². The van der Waals surface area contributed by atoms with Crippen LogP contribution in [0.2, 0.25) is 0 Å². The van der Waals surface area contributed by atoms with E-state index in [1.165, 1.54) is 29.3 Å². The van der Waals surface area contributed by atoms with E-state index in [9.17, 15) is 18.8 Å². The number of halogens is 1. The maximum atomic E-state index is 13.2. The van der Waals surface area contributed by atoms with Crippen molar-refractivity contribution >= 4 is 29.1 Å². The van der Waals surface area contributed by atoms with Gasteiger partial charge in [0.25, 0.3) is 11.8 Å². The molecule has 148 valence electrons. The summed E-state index contributed by atoms with van der Waals surface area (Å²) in [6.45, 7) is 1.76. The van der Waals surface area contributed by atoms with Crippen LogP contribution in [0, 0.1) is 5.82 Å². The standard InChI is InChI=1S/C20H18FN5O3/c1-2-12-5-3-4-6-15(12)22-16(27)11-25-18-17(23-24-25)19(28)26(20(18)29)14-9-7-13(21)8-10-14/h3-10,17-18H,2,11H2,1H3,(H,22,27)/t17-,18-/m0/s1. The van der Waals surface area contributed by atoms with Crippen LogP contribution in [0.25, 0.3) is 0 Å². The Kier molecular flexibility index (Phi) is 4.79. The van der Waals surface area contributed by atoms with Crippen molar-refractivity contribution in [2.45, 2.75) is 25.4 Å². The highest BCUT2D eigenvalue weighted by Crippen LogP contribution is 2.31. The second-order valence-electron chi connectivity index (χ2n) is 6.74. The number of hydrogen-bond donors (Lipinski definition) is 1. The summed E-state index contributed by atoms with van der Waals surface area (Å²) in [5, 5.41) is 11.8. The molecule has 9 heteroatoms. The maximum absolute atomic E-state index is 13.2. The molecule has 4 rings (SSSR count). The summed E-state index contributed by atoms with van der Waals surface area (Å²) in [5.74, 6) is -1.93. The normalized spacial score (nSPS) is 20.3. The average Bonchev–Trinajstić information content (AvgIpc) is 3.23. The molecule has 2 aliphatic heterocycles. The third kappa shape index (κ3) is 3.35. The van der Waals surface area contributed by atoms with Gasteiger partial charge in [0.15, 0.2) is 12.1 Å². The molecular weight excluding hydrogens is 377 g/mol. The lowest BCUT2D eigenvalue weighted by atomic mass is 10.1. The summed E-state index contributed by atoms with van der Waals surface area (Å²) in [7, 11) is 0. The Morgan fingerprint density at radius 1 is 1.10 bits per heavy atom. The lowest BCUT2D eigenvalue weighted by Crippen LogP contribution is -2.43. The molecule has 1 N–H and O–H groups in total. The zero-order valence-electron chi connectivity index (χ0n) is 15.6. The van der Waals surface area contributed by atoms with E-state index in [4.69, 9.17) is 0 Å². The van der Waals surface area contributed by atoms with Crippen LogP contribution in [-0.4, -0.2) is 41.4 Å². The number of imide groups is 1. The number of benzene rings is 2. The van der Waals surface area contributed by atoms with E-state index in [0.29, 0.717) is 5.69 Å². The summed E-state index contributed by atoms with van der Waals surface area (Å²) in [4.78, 5) is 38.9. The number of aryl methyl sites for hydroxylation is 1. The molecule has 2 aromatic rings. The van der Waals surface area contributed by atoms with Crippen molar-refractivity contribution in [2.75, 3.05) is 16.8 Å². The monoisotopic (exact) mass is 395 g/mol. The van der Waals surface area contributed by atoms with Crippen molar-refractivity contribution in [2.24, 2.45) is 10.3 Å². The van der Waals surface area contributed by atoms with E-state index in [0.717, 1.165) is 16.9 Å². The lowest BCUT2D eigenvalue weighted by molar-refractivity contribution is -0.123. The molecule has 2 atom stereocenters. The van der Waals surface area contributed by atoms with Crippen molar-refractivity contribution in [1.29, 1.82) is 0 Å². The Morgan fingerprint density at radius 2 is 1.83 bits per heavy atom. The molecule has 0 bridgehead atoms. The molecule has 29 heavy (non-hydrogen) atoms. The molecule has 2 heterocycles. The van der Waals surface area contributed by atoms with Gasteiger partial charge in [-0.25, -0.2) is 9.29 Å². The Bertz CT molecular complexity index is 1010. The minimum Gasteiger partial charge on any atom is -0.324 e. The predicted molar refractivity (Wildman–Crippen MR) is 102 cm³/mol. The van der Waals surface area contributed by atoms with Crippen molar-refractivity contribution < 1.29 is 18.8 Å². The first kappa shape index (κ1) is 18.7. The fourth-order valence-corrected chi connectivity index (χ4v) is 3.49. The predicted octanol–water partition coefficient (Wildman–Crippen LogP) is 2.32. The molecule has 0 spiro atoms. The van der Waals surface area contributed by atoms with Gasteiger partial charge < -0.3 is 5.32 Å². The number of anilines is 2. The van der Waals surface area contributed by atoms with Crippen molar-refractivity contribution in [3.05, 3.63) is 59.9 Å². The number of nitrogens with zero attached hydrogens (tertiary/aromatic N) is 4. The Labute approximate surface area is 166 Å². The van der Waals surface area contributed by atoms with Crippen LogP contribution in [0.15, 0.2) is 58.9 Å². The zero-order valence-corrected chi connectivity index (χ0v) is 15.6. The van der Waals surface area contributed by atoms with Gasteiger partial charge in [-0.15, -0.1) is 0 Å². The van der Waals surface area contributed by atoms with Crippen molar-refractivity contribution in [1.82, 2.24) is 5.01 Å². The quantitative estimate of drug-likeness (QED) is 0.786. The van der Waals surface area contributed by atoms with Crippen LogP contribution < -0.4 is 10.2 Å². The molecule has 0 aliphatic carbocycles. The fourth-order valence-electron chi connectivity index (χ4n) is 3.49. The van der Waals surface area contributed by atoms with Crippen LogP contribution >= 0.6 is 0 Å². The number of amides is 3. The zero-order chi connectivity index (χ0) is 20.5. The number of carbonyl (C=O) groups excluding carboxylic acids is 3. The van der Waals surface area contributed by atoms with Crippen LogP contribution in [-0.2, 0) is 20.8 Å². The van der Waals surface area contributed by atoms with Gasteiger partial charge in [-0.05, 0) is 42.3 Å². The first-order valence-corrected chi connectivity index (χ1v) is 9.18. The number of hydrogen-bond acceptors (Lipinski definition) is 6. The number of para-hydroxylation sites is 1. The number of fused-ring (bicyclic) bond motifs is 1. The van der Waals surface area contributed by atoms with Gasteiger partial charge in [0.2, 0.25) is 5.91 Å². The molecule has 1 fully saturated rings. The molecule has 2 aromatic carbocycles. The first-order valence-electron chi connectivity index (χ1n) is 9.18. The highest BCUT2D eigenvalue weighted by atomic mass is 19.1. The van der Waals surface area contributed by atoms with E-state index in [-0.39, 0.29) is 18.1 Å². The Morgan fingerprint density at radius 3 is 2.55 bits per heavy atom. The molecule has 8 nitrogen and oxygen atoms in total. The van der Waals surface area contributed by atoms with Gasteiger partial charge in [-0.3, -0.25) is 19.4 Å². The SMILES string of the molecule is CCc1ccccc1NC(=O)CN1N=N[C@@H]2C(=O)N(c3ccc(F)cc3)C(=O)[C@H]21. The average molecular weight is 395 g/mol. The highest BCUT2D eigenvalue weighted by Gasteiger charge is 2.55. The van der Waals surface area contributed by atoms with Crippen molar-refractivity contribution in [3.63, 3.8) is 0 Å².